The molecule has 2 fully saturated rings. The largest absolute Gasteiger partial charge is 0.394 e. The summed E-state index contributed by atoms with van der Waals surface area (Å²) < 4.78 is 6.21. The third-order valence-electron chi connectivity index (χ3n) is 6.18. The molecule has 0 aromatic heterocycles. The van der Waals surface area contributed by atoms with Crippen molar-refractivity contribution in [3.63, 3.8) is 0 Å². The SMILES string of the molecule is CCC(N)C(CO)OC1CC2CCC1(C)C2(C)C. The third kappa shape index (κ3) is 1.91. The van der Waals surface area contributed by atoms with E-state index >= 15 is 0 Å². The molecule has 2 rings (SSSR count). The first-order valence-electron chi connectivity index (χ1n) is 7.38. The maximum atomic E-state index is 9.47. The second-order valence-electron chi connectivity index (χ2n) is 7.03. The van der Waals surface area contributed by atoms with Gasteiger partial charge in [-0.05, 0) is 42.4 Å². The molecular weight excluding hydrogens is 226 g/mol. The van der Waals surface area contributed by atoms with Crippen LogP contribution in [0.25, 0.3) is 0 Å². The van der Waals surface area contributed by atoms with Gasteiger partial charge in [0.15, 0.2) is 0 Å². The number of ether oxygens (including phenoxy) is 1. The minimum atomic E-state index is -0.202. The molecule has 2 aliphatic carbocycles. The number of fused-ring (bicyclic) bond motifs is 2. The summed E-state index contributed by atoms with van der Waals surface area (Å²) in [6, 6.07) is -0.0548. The second kappa shape index (κ2) is 4.77. The summed E-state index contributed by atoms with van der Waals surface area (Å²) in [5, 5.41) is 9.47. The molecule has 18 heavy (non-hydrogen) atoms. The highest BCUT2D eigenvalue weighted by atomic mass is 16.5. The van der Waals surface area contributed by atoms with Crippen LogP contribution in [0.1, 0.15) is 53.4 Å². The molecule has 3 N–H and O–H groups in total. The summed E-state index contributed by atoms with van der Waals surface area (Å²) in [5.74, 6) is 0.768. The van der Waals surface area contributed by atoms with Crippen molar-refractivity contribution in [3.05, 3.63) is 0 Å². The van der Waals surface area contributed by atoms with E-state index < -0.39 is 0 Å². The van der Waals surface area contributed by atoms with E-state index in [1.807, 2.05) is 6.92 Å². The minimum Gasteiger partial charge on any atom is -0.394 e. The van der Waals surface area contributed by atoms with Gasteiger partial charge in [-0.2, -0.15) is 0 Å². The van der Waals surface area contributed by atoms with Crippen molar-refractivity contribution in [3.8, 4) is 0 Å². The highest BCUT2D eigenvalue weighted by Gasteiger charge is 2.62. The molecule has 2 bridgehead atoms. The Balaban J connectivity index is 2.08. The summed E-state index contributed by atoms with van der Waals surface area (Å²) in [6.45, 7) is 9.19. The van der Waals surface area contributed by atoms with Crippen molar-refractivity contribution in [2.24, 2.45) is 22.5 Å². The van der Waals surface area contributed by atoms with Gasteiger partial charge in [-0.15, -0.1) is 0 Å². The van der Waals surface area contributed by atoms with E-state index in [0.29, 0.717) is 5.41 Å². The van der Waals surface area contributed by atoms with Crippen molar-refractivity contribution < 1.29 is 9.84 Å². The topological polar surface area (TPSA) is 55.5 Å². The van der Waals surface area contributed by atoms with Gasteiger partial charge in [0.2, 0.25) is 0 Å². The Morgan fingerprint density at radius 3 is 2.44 bits per heavy atom. The summed E-state index contributed by atoms with van der Waals surface area (Å²) in [7, 11) is 0. The lowest BCUT2D eigenvalue weighted by atomic mass is 9.70. The molecule has 0 amide bonds. The van der Waals surface area contributed by atoms with E-state index in [1.165, 1.54) is 12.8 Å². The summed E-state index contributed by atoms with van der Waals surface area (Å²) in [4.78, 5) is 0. The number of hydrogen-bond acceptors (Lipinski definition) is 3. The molecular formula is C15H29NO2. The molecule has 2 saturated carbocycles. The van der Waals surface area contributed by atoms with E-state index in [-0.39, 0.29) is 30.3 Å². The van der Waals surface area contributed by atoms with Crippen LogP contribution < -0.4 is 5.73 Å². The Kier molecular flexibility index (Phi) is 3.79. The van der Waals surface area contributed by atoms with Crippen LogP contribution in [0.4, 0.5) is 0 Å². The molecule has 0 aromatic rings. The molecule has 0 saturated heterocycles. The highest BCUT2D eigenvalue weighted by Crippen LogP contribution is 2.66. The van der Waals surface area contributed by atoms with E-state index in [9.17, 15) is 5.11 Å². The van der Waals surface area contributed by atoms with Gasteiger partial charge in [0.25, 0.3) is 0 Å². The predicted octanol–water partition coefficient (Wildman–Crippen LogP) is 2.32. The quantitative estimate of drug-likeness (QED) is 0.792. The Labute approximate surface area is 111 Å². The number of hydrogen-bond donors (Lipinski definition) is 2. The highest BCUT2D eigenvalue weighted by molar-refractivity contribution is 5.11. The smallest absolute Gasteiger partial charge is 0.0959 e. The van der Waals surface area contributed by atoms with Gasteiger partial charge in [-0.3, -0.25) is 0 Å². The van der Waals surface area contributed by atoms with E-state index in [0.717, 1.165) is 18.8 Å². The number of nitrogens with two attached hydrogens (primary N) is 1. The lowest BCUT2D eigenvalue weighted by Crippen LogP contribution is -2.46. The van der Waals surface area contributed by atoms with Crippen LogP contribution in [0.3, 0.4) is 0 Å². The maximum absolute atomic E-state index is 9.47. The fourth-order valence-corrected chi connectivity index (χ4v) is 4.09. The van der Waals surface area contributed by atoms with Gasteiger partial charge in [-0.1, -0.05) is 27.7 Å². The van der Waals surface area contributed by atoms with Gasteiger partial charge >= 0.3 is 0 Å². The van der Waals surface area contributed by atoms with Gasteiger partial charge in [-0.25, -0.2) is 0 Å². The number of aliphatic hydroxyl groups excluding tert-OH is 1. The molecule has 106 valence electrons. The molecule has 0 spiro atoms. The van der Waals surface area contributed by atoms with Crippen molar-refractivity contribution in [2.75, 3.05) is 6.61 Å². The maximum Gasteiger partial charge on any atom is 0.0959 e. The van der Waals surface area contributed by atoms with E-state index in [1.54, 1.807) is 0 Å². The fraction of sp³-hybridized carbons (Fsp3) is 1.00. The molecule has 0 aliphatic heterocycles. The first-order valence-corrected chi connectivity index (χ1v) is 7.38. The summed E-state index contributed by atoms with van der Waals surface area (Å²) in [6.07, 6.45) is 4.62. The minimum absolute atomic E-state index is 0.0344. The Morgan fingerprint density at radius 1 is 1.39 bits per heavy atom. The van der Waals surface area contributed by atoms with Crippen LogP contribution >= 0.6 is 0 Å². The molecule has 0 aromatic carbocycles. The average Bonchev–Trinajstić information content (AvgIpc) is 2.67. The monoisotopic (exact) mass is 255 g/mol. The Morgan fingerprint density at radius 2 is 2.06 bits per heavy atom. The molecule has 5 atom stereocenters. The standard InChI is InChI=1S/C15H29NO2/c1-5-11(16)12(9-17)18-13-8-10-6-7-15(13,4)14(10,2)3/h10-13,17H,5-9,16H2,1-4H3. The fourth-order valence-electron chi connectivity index (χ4n) is 4.09. The normalized spacial score (nSPS) is 41.0. The van der Waals surface area contributed by atoms with E-state index in [2.05, 4.69) is 20.8 Å². The molecule has 0 radical (unpaired) electrons. The lowest BCUT2D eigenvalue weighted by Gasteiger charge is -2.40. The zero-order chi connectivity index (χ0) is 13.6. The Bertz CT molecular complexity index is 305. The van der Waals surface area contributed by atoms with Crippen LogP contribution in [0.2, 0.25) is 0 Å². The van der Waals surface area contributed by atoms with Crippen LogP contribution in [-0.4, -0.2) is 30.0 Å². The van der Waals surface area contributed by atoms with Crippen LogP contribution in [-0.2, 0) is 4.74 Å². The van der Waals surface area contributed by atoms with Crippen molar-refractivity contribution in [2.45, 2.75) is 71.6 Å². The Hall–Kier alpha value is -0.120. The first kappa shape index (κ1) is 14.3. The molecule has 3 heteroatoms. The summed E-state index contributed by atoms with van der Waals surface area (Å²) >= 11 is 0. The van der Waals surface area contributed by atoms with Crippen LogP contribution in [0, 0.1) is 16.7 Å². The van der Waals surface area contributed by atoms with Gasteiger partial charge < -0.3 is 15.6 Å². The number of rotatable bonds is 5. The van der Waals surface area contributed by atoms with Crippen LogP contribution in [0.15, 0.2) is 0 Å². The third-order valence-corrected chi connectivity index (χ3v) is 6.18. The lowest BCUT2D eigenvalue weighted by molar-refractivity contribution is -0.108. The predicted molar refractivity (Wildman–Crippen MR) is 73.2 cm³/mol. The first-order chi connectivity index (χ1) is 8.36. The van der Waals surface area contributed by atoms with Gasteiger partial charge in [0, 0.05) is 6.04 Å². The van der Waals surface area contributed by atoms with Crippen molar-refractivity contribution in [1.29, 1.82) is 0 Å². The molecule has 2 aliphatic rings. The zero-order valence-electron chi connectivity index (χ0n) is 12.3. The van der Waals surface area contributed by atoms with Crippen molar-refractivity contribution in [1.82, 2.24) is 0 Å². The van der Waals surface area contributed by atoms with Crippen molar-refractivity contribution >= 4 is 0 Å². The summed E-state index contributed by atoms with van der Waals surface area (Å²) in [5.41, 5.74) is 6.63. The molecule has 3 nitrogen and oxygen atoms in total. The van der Waals surface area contributed by atoms with Gasteiger partial charge in [0.05, 0.1) is 18.8 Å². The van der Waals surface area contributed by atoms with E-state index in [4.69, 9.17) is 10.5 Å². The second-order valence-corrected chi connectivity index (χ2v) is 7.03. The van der Waals surface area contributed by atoms with Gasteiger partial charge in [0.1, 0.15) is 0 Å². The average molecular weight is 255 g/mol. The molecule has 0 heterocycles. The zero-order valence-corrected chi connectivity index (χ0v) is 12.3. The number of aliphatic hydroxyl groups is 1. The molecule has 5 unspecified atom stereocenters. The van der Waals surface area contributed by atoms with Crippen LogP contribution in [0.5, 0.6) is 0 Å².